The minimum absolute atomic E-state index is 0.298. The SMILES string of the molecule is C[C@H](NCO)C(=O)O. The summed E-state index contributed by atoms with van der Waals surface area (Å²) in [6.07, 6.45) is 0. The van der Waals surface area contributed by atoms with Crippen LogP contribution in [0.3, 0.4) is 0 Å². The van der Waals surface area contributed by atoms with Gasteiger partial charge in [-0.1, -0.05) is 0 Å². The molecule has 0 unspecified atom stereocenters. The molecule has 0 bridgehead atoms. The molecule has 0 aliphatic rings. The van der Waals surface area contributed by atoms with E-state index in [0.717, 1.165) is 0 Å². The Labute approximate surface area is 47.1 Å². The Morgan fingerprint density at radius 1 is 1.88 bits per heavy atom. The largest absolute Gasteiger partial charge is 0.480 e. The molecule has 3 N–H and O–H groups in total. The lowest BCUT2D eigenvalue weighted by Crippen LogP contribution is -2.34. The van der Waals surface area contributed by atoms with Crippen LogP contribution in [0.4, 0.5) is 0 Å². The molecule has 0 saturated heterocycles. The van der Waals surface area contributed by atoms with Gasteiger partial charge in [0.05, 0.1) is 6.73 Å². The number of carbonyl (C=O) groups is 1. The maximum atomic E-state index is 9.92. The van der Waals surface area contributed by atoms with Crippen LogP contribution in [0.5, 0.6) is 0 Å². The van der Waals surface area contributed by atoms with E-state index >= 15 is 0 Å². The number of nitrogens with one attached hydrogen (secondary N) is 1. The Bertz CT molecular complexity index is 83.4. The van der Waals surface area contributed by atoms with Gasteiger partial charge >= 0.3 is 5.97 Å². The first kappa shape index (κ1) is 7.39. The van der Waals surface area contributed by atoms with Crippen LogP contribution in [-0.4, -0.2) is 29.0 Å². The maximum absolute atomic E-state index is 9.92. The summed E-state index contributed by atoms with van der Waals surface area (Å²) in [7, 11) is 0. The van der Waals surface area contributed by atoms with Crippen LogP contribution in [0, 0.1) is 0 Å². The van der Waals surface area contributed by atoms with E-state index in [2.05, 4.69) is 5.32 Å². The number of aliphatic carboxylic acids is 1. The van der Waals surface area contributed by atoms with Gasteiger partial charge in [0.2, 0.25) is 0 Å². The van der Waals surface area contributed by atoms with Gasteiger partial charge in [0, 0.05) is 0 Å². The quantitative estimate of drug-likeness (QED) is 0.417. The highest BCUT2D eigenvalue weighted by molar-refractivity contribution is 5.72. The molecule has 0 heterocycles. The van der Waals surface area contributed by atoms with Crippen molar-refractivity contribution in [2.75, 3.05) is 6.73 Å². The smallest absolute Gasteiger partial charge is 0.320 e. The second-order valence-corrected chi connectivity index (χ2v) is 1.42. The Morgan fingerprint density at radius 3 is 2.50 bits per heavy atom. The summed E-state index contributed by atoms with van der Waals surface area (Å²) in [4.78, 5) is 9.92. The summed E-state index contributed by atoms with van der Waals surface area (Å²) in [6, 6.07) is -0.667. The second-order valence-electron chi connectivity index (χ2n) is 1.42. The molecule has 0 aromatic carbocycles. The maximum Gasteiger partial charge on any atom is 0.320 e. The number of carboxylic acids is 1. The molecule has 1 atom stereocenters. The van der Waals surface area contributed by atoms with Crippen molar-refractivity contribution in [3.05, 3.63) is 0 Å². The number of carboxylic acid groups (broad SMARTS) is 1. The average Bonchev–Trinajstić information content (AvgIpc) is 1.67. The fraction of sp³-hybridized carbons (Fsp3) is 0.750. The number of aliphatic hydroxyl groups excluding tert-OH is 1. The van der Waals surface area contributed by atoms with Gasteiger partial charge < -0.3 is 10.2 Å². The summed E-state index contributed by atoms with van der Waals surface area (Å²) in [5.74, 6) is -0.959. The molecule has 0 fully saturated rings. The van der Waals surface area contributed by atoms with Crippen LogP contribution in [0.1, 0.15) is 6.92 Å². The molecular formula is C4H9NO3. The molecule has 0 aliphatic heterocycles. The van der Waals surface area contributed by atoms with Gasteiger partial charge in [-0.2, -0.15) is 0 Å². The molecule has 0 amide bonds. The van der Waals surface area contributed by atoms with Crippen LogP contribution in [0.2, 0.25) is 0 Å². The number of hydrogen-bond donors (Lipinski definition) is 3. The van der Waals surface area contributed by atoms with Crippen molar-refractivity contribution in [1.82, 2.24) is 5.32 Å². The Morgan fingerprint density at radius 2 is 2.38 bits per heavy atom. The van der Waals surface area contributed by atoms with E-state index in [-0.39, 0.29) is 6.73 Å². The molecular weight excluding hydrogens is 110 g/mol. The summed E-state index contributed by atoms with van der Waals surface area (Å²) >= 11 is 0. The molecule has 4 heteroatoms. The standard InChI is InChI=1S/C4H9NO3/c1-3(4(7)8)5-2-6/h3,5-6H,2H2,1H3,(H,7,8)/t3-/m0/s1. The van der Waals surface area contributed by atoms with Crippen molar-refractivity contribution >= 4 is 5.97 Å². The molecule has 8 heavy (non-hydrogen) atoms. The van der Waals surface area contributed by atoms with Gasteiger partial charge in [0.25, 0.3) is 0 Å². The van der Waals surface area contributed by atoms with E-state index in [4.69, 9.17) is 10.2 Å². The number of hydrogen-bond acceptors (Lipinski definition) is 3. The van der Waals surface area contributed by atoms with Crippen molar-refractivity contribution in [2.24, 2.45) is 0 Å². The van der Waals surface area contributed by atoms with Crippen LogP contribution in [0.25, 0.3) is 0 Å². The first-order valence-corrected chi connectivity index (χ1v) is 2.25. The third kappa shape index (κ3) is 2.54. The van der Waals surface area contributed by atoms with Crippen molar-refractivity contribution in [3.8, 4) is 0 Å². The minimum atomic E-state index is -0.959. The summed E-state index contributed by atoms with van der Waals surface area (Å²) in [6.45, 7) is 1.16. The van der Waals surface area contributed by atoms with E-state index in [1.165, 1.54) is 6.92 Å². The van der Waals surface area contributed by atoms with Gasteiger partial charge in [0.1, 0.15) is 6.04 Å². The third-order valence-electron chi connectivity index (χ3n) is 0.768. The Hall–Kier alpha value is -0.610. The van der Waals surface area contributed by atoms with Gasteiger partial charge in [-0.25, -0.2) is 0 Å². The fourth-order valence-corrected chi connectivity index (χ4v) is 0.224. The van der Waals surface area contributed by atoms with Crippen LogP contribution in [0.15, 0.2) is 0 Å². The van der Waals surface area contributed by atoms with E-state index < -0.39 is 12.0 Å². The highest BCUT2D eigenvalue weighted by Crippen LogP contribution is 1.76. The lowest BCUT2D eigenvalue weighted by atomic mass is 10.4. The zero-order valence-corrected chi connectivity index (χ0v) is 4.59. The van der Waals surface area contributed by atoms with Crippen molar-refractivity contribution in [2.45, 2.75) is 13.0 Å². The molecule has 0 radical (unpaired) electrons. The first-order chi connectivity index (χ1) is 3.68. The third-order valence-corrected chi connectivity index (χ3v) is 0.768. The van der Waals surface area contributed by atoms with Crippen LogP contribution < -0.4 is 5.32 Å². The fourth-order valence-electron chi connectivity index (χ4n) is 0.224. The van der Waals surface area contributed by atoms with Gasteiger partial charge in [-0.05, 0) is 6.92 Å². The highest BCUT2D eigenvalue weighted by atomic mass is 16.4. The molecule has 0 aliphatic carbocycles. The van der Waals surface area contributed by atoms with Gasteiger partial charge in [0.15, 0.2) is 0 Å². The Balaban J connectivity index is 3.32. The predicted molar refractivity (Wildman–Crippen MR) is 27.3 cm³/mol. The monoisotopic (exact) mass is 119 g/mol. The normalized spacial score (nSPS) is 13.2. The van der Waals surface area contributed by atoms with Crippen LogP contribution in [-0.2, 0) is 4.79 Å². The molecule has 0 saturated carbocycles. The first-order valence-electron chi connectivity index (χ1n) is 2.25. The van der Waals surface area contributed by atoms with Gasteiger partial charge in [-0.15, -0.1) is 0 Å². The van der Waals surface area contributed by atoms with E-state index in [1.54, 1.807) is 0 Å². The van der Waals surface area contributed by atoms with Crippen molar-refractivity contribution in [1.29, 1.82) is 0 Å². The second kappa shape index (κ2) is 3.40. The predicted octanol–water partition coefficient (Wildman–Crippen LogP) is -1.00. The summed E-state index contributed by atoms with van der Waals surface area (Å²) < 4.78 is 0. The molecule has 0 aromatic rings. The lowest BCUT2D eigenvalue weighted by Gasteiger charge is -2.03. The molecule has 0 spiro atoms. The minimum Gasteiger partial charge on any atom is -0.480 e. The number of aliphatic hydroxyl groups is 1. The van der Waals surface area contributed by atoms with E-state index in [9.17, 15) is 4.79 Å². The molecule has 0 rings (SSSR count). The average molecular weight is 119 g/mol. The van der Waals surface area contributed by atoms with Crippen molar-refractivity contribution in [3.63, 3.8) is 0 Å². The zero-order valence-electron chi connectivity index (χ0n) is 4.59. The lowest BCUT2D eigenvalue weighted by molar-refractivity contribution is -0.139. The topological polar surface area (TPSA) is 69.6 Å². The highest BCUT2D eigenvalue weighted by Gasteiger charge is 2.06. The molecule has 48 valence electrons. The summed E-state index contributed by atoms with van der Waals surface area (Å²) in [5, 5.41) is 18.6. The van der Waals surface area contributed by atoms with Crippen molar-refractivity contribution < 1.29 is 15.0 Å². The Kier molecular flexibility index (Phi) is 3.14. The van der Waals surface area contributed by atoms with E-state index in [0.29, 0.717) is 0 Å². The molecule has 4 nitrogen and oxygen atoms in total. The molecule has 0 aromatic heterocycles. The zero-order chi connectivity index (χ0) is 6.57. The number of rotatable bonds is 3. The van der Waals surface area contributed by atoms with Gasteiger partial charge in [-0.3, -0.25) is 10.1 Å². The van der Waals surface area contributed by atoms with E-state index in [1.807, 2.05) is 0 Å². The summed E-state index contributed by atoms with van der Waals surface area (Å²) in [5.41, 5.74) is 0. The van der Waals surface area contributed by atoms with Crippen LogP contribution >= 0.6 is 0 Å².